The first-order valence-electron chi connectivity index (χ1n) is 24.9. The molecule has 1 unspecified atom stereocenters. The van der Waals surface area contributed by atoms with Crippen LogP contribution in [0.4, 0.5) is 21.9 Å². The number of rotatable bonds is 28. The van der Waals surface area contributed by atoms with E-state index in [1.54, 1.807) is 41.3 Å². The van der Waals surface area contributed by atoms with E-state index in [9.17, 15) is 33.7 Å². The summed E-state index contributed by atoms with van der Waals surface area (Å²) in [6, 6.07) is 29.8. The topological polar surface area (TPSA) is 235 Å². The first-order valence-corrected chi connectivity index (χ1v) is 28.7. The molecule has 1 aliphatic rings. The molecule has 0 fully saturated rings. The molecular formula is C53H66N9O9PS2. The van der Waals surface area contributed by atoms with Crippen molar-refractivity contribution in [2.24, 2.45) is 0 Å². The van der Waals surface area contributed by atoms with Crippen LogP contribution >= 0.6 is 19.1 Å². The van der Waals surface area contributed by atoms with Crippen LogP contribution < -0.4 is 31.5 Å². The Kier molecular flexibility index (Phi) is 22.6. The molecule has 6 amide bonds. The molecule has 0 radical (unpaired) electrons. The molecule has 5 aromatic rings. The quantitative estimate of drug-likeness (QED) is 0.0143. The van der Waals surface area contributed by atoms with Crippen molar-refractivity contribution in [3.05, 3.63) is 114 Å². The van der Waals surface area contributed by atoms with Gasteiger partial charge in [0, 0.05) is 67.3 Å². The first-order chi connectivity index (χ1) is 35.8. The third-order valence-corrected chi connectivity index (χ3v) is 13.3. The lowest BCUT2D eigenvalue weighted by Crippen LogP contribution is -2.33. The number of carbonyl (C=O) groups is 6. The Bertz CT molecular complexity index is 2730. The lowest BCUT2D eigenvalue weighted by Gasteiger charge is -2.28. The number of thiol groups is 1. The summed E-state index contributed by atoms with van der Waals surface area (Å²) in [4.78, 5) is 87.7. The molecule has 0 saturated carbocycles. The van der Waals surface area contributed by atoms with Crippen LogP contribution in [0, 0.1) is 0 Å². The van der Waals surface area contributed by atoms with Crippen molar-refractivity contribution < 1.29 is 42.9 Å². The number of ether oxygens (including phenoxy) is 1. The molecular weight excluding hydrogens is 1000 g/mol. The minimum Gasteiger partial charge on any atom is -0.445 e. The van der Waals surface area contributed by atoms with E-state index in [2.05, 4.69) is 49.5 Å². The molecule has 1 aliphatic heterocycles. The number of hydrogen-bond donors (Lipinski definition) is 7. The zero-order chi connectivity index (χ0) is 52.7. The largest absolute Gasteiger partial charge is 0.445 e. The molecule has 6 rings (SSSR count). The number of carbonyl (C=O) groups excluding carboxylic acids is 6. The summed E-state index contributed by atoms with van der Waals surface area (Å²) in [5, 5.41) is 22.9. The van der Waals surface area contributed by atoms with Gasteiger partial charge in [-0.25, -0.2) is 9.48 Å². The summed E-state index contributed by atoms with van der Waals surface area (Å²) >= 11 is 9.10. The maximum absolute atomic E-state index is 14.0. The molecule has 0 spiro atoms. The van der Waals surface area contributed by atoms with Gasteiger partial charge in [0.1, 0.15) is 12.3 Å². The van der Waals surface area contributed by atoms with Crippen LogP contribution in [0.25, 0.3) is 22.5 Å². The predicted octanol–water partition coefficient (Wildman–Crippen LogP) is 8.25. The third-order valence-electron chi connectivity index (χ3n) is 12.0. The zero-order valence-corrected chi connectivity index (χ0v) is 44.3. The van der Waals surface area contributed by atoms with Crippen molar-refractivity contribution in [1.82, 2.24) is 30.9 Å². The van der Waals surface area contributed by atoms with E-state index < -0.39 is 18.5 Å². The molecule has 0 aliphatic carbocycles. The molecule has 21 heteroatoms. The standard InChI is InChI=1S/C53H66N9O9PS2/c1-72(69,74)71-32-14-3-2-12-30-54-53(68)70-36-38-22-26-41(27-23-38)57-48(65)34-56-47(64)20-10-11-21-50(67)61-35-40-15-6-7-16-43(40)52-51(44-17-8-9-18-45(44)61)59-60-62(52)31-13-4-5-19-46(63)55-33-49(66)58-42-28-24-39(37-73)25-29-42/h6-9,15-18,22-29,73H,2-5,10-14,19-21,30-37H2,1H3,(H,54,68)(H,55,63)(H,56,64)(H,57,65)(H,58,66)(H,69,74). The number of nitrogens with zero attached hydrogens (tertiary/aromatic N) is 4. The van der Waals surface area contributed by atoms with Crippen molar-refractivity contribution in [3.63, 3.8) is 0 Å². The van der Waals surface area contributed by atoms with E-state index in [4.69, 9.17) is 21.1 Å². The lowest BCUT2D eigenvalue weighted by molar-refractivity contribution is -0.124. The second kappa shape index (κ2) is 29.5. The fourth-order valence-electron chi connectivity index (χ4n) is 8.14. The average Bonchev–Trinajstić information content (AvgIpc) is 3.80. The number of amides is 6. The number of aromatic nitrogens is 3. The minimum absolute atomic E-state index is 0.0578. The zero-order valence-electron chi connectivity index (χ0n) is 41.7. The van der Waals surface area contributed by atoms with E-state index in [-0.39, 0.29) is 62.6 Å². The number of anilines is 3. The fraction of sp³-hybridized carbons (Fsp3) is 0.396. The van der Waals surface area contributed by atoms with Gasteiger partial charge in [0.15, 0.2) is 6.49 Å². The predicted molar refractivity (Wildman–Crippen MR) is 293 cm³/mol. The van der Waals surface area contributed by atoms with E-state index in [1.165, 1.54) is 6.66 Å². The first kappa shape index (κ1) is 56.8. The second-order valence-electron chi connectivity index (χ2n) is 17.9. The number of fused-ring (bicyclic) bond motifs is 5. The molecule has 4 aromatic carbocycles. The number of aryl methyl sites for hydroxylation is 1. The van der Waals surface area contributed by atoms with Crippen molar-refractivity contribution in [1.29, 1.82) is 0 Å². The number of hydrogen-bond acceptors (Lipinski definition) is 12. The summed E-state index contributed by atoms with van der Waals surface area (Å²) in [6.07, 6.45) is 6.51. The Morgan fingerprint density at radius 2 is 1.26 bits per heavy atom. The van der Waals surface area contributed by atoms with Crippen LogP contribution in [0.2, 0.25) is 0 Å². The molecule has 1 atom stereocenters. The van der Waals surface area contributed by atoms with Gasteiger partial charge in [-0.15, -0.1) is 5.10 Å². The van der Waals surface area contributed by atoms with Gasteiger partial charge >= 0.3 is 6.09 Å². The number of unbranched alkanes of at least 4 members (excludes halogenated alkanes) is 6. The summed E-state index contributed by atoms with van der Waals surface area (Å²) in [6.45, 7) is 0.416. The molecule has 0 saturated heterocycles. The normalized spacial score (nSPS) is 12.4. The molecule has 394 valence electrons. The van der Waals surface area contributed by atoms with E-state index in [0.717, 1.165) is 72.0 Å². The highest BCUT2D eigenvalue weighted by Crippen LogP contribution is 2.41. The molecule has 2 heterocycles. The van der Waals surface area contributed by atoms with Gasteiger partial charge in [-0.05, 0) is 97.4 Å². The van der Waals surface area contributed by atoms with Gasteiger partial charge in [-0.1, -0.05) is 91.2 Å². The van der Waals surface area contributed by atoms with E-state index in [0.29, 0.717) is 74.0 Å². The maximum atomic E-state index is 14.0. The van der Waals surface area contributed by atoms with Gasteiger partial charge in [0.05, 0.1) is 37.6 Å². The number of nitrogens with one attached hydrogen (secondary N) is 5. The Morgan fingerprint density at radius 1 is 0.676 bits per heavy atom. The molecule has 0 bridgehead atoms. The highest BCUT2D eigenvalue weighted by atomic mass is 32.5. The molecule has 74 heavy (non-hydrogen) atoms. The van der Waals surface area contributed by atoms with Crippen LogP contribution in [0.1, 0.15) is 93.7 Å². The van der Waals surface area contributed by atoms with Crippen LogP contribution in [-0.2, 0) is 70.5 Å². The number of para-hydroxylation sites is 1. The Hall–Kier alpha value is -6.44. The SMILES string of the molecule is CP(O)(=S)OCCCCCCNC(=O)OCc1ccc(NC(=O)CNC(=O)CCCCC(=O)N2Cc3ccccc3-c3c(nnn3CCCCCC(=O)NCC(=O)Nc3ccc(CS)cc3)-c3ccccc32)cc1. The minimum atomic E-state index is -2.62. The average molecular weight is 1070 g/mol. The van der Waals surface area contributed by atoms with Crippen LogP contribution in [0.3, 0.4) is 0 Å². The maximum Gasteiger partial charge on any atom is 0.407 e. The van der Waals surface area contributed by atoms with Gasteiger partial charge < -0.3 is 45.6 Å². The van der Waals surface area contributed by atoms with Crippen molar-refractivity contribution in [3.8, 4) is 22.5 Å². The molecule has 1 aromatic heterocycles. The monoisotopic (exact) mass is 1070 g/mol. The summed E-state index contributed by atoms with van der Waals surface area (Å²) in [7, 11) is 0. The van der Waals surface area contributed by atoms with Gasteiger partial charge in [-0.3, -0.25) is 24.0 Å². The van der Waals surface area contributed by atoms with E-state index in [1.807, 2.05) is 65.3 Å². The van der Waals surface area contributed by atoms with Gasteiger partial charge in [0.25, 0.3) is 0 Å². The second-order valence-corrected chi connectivity index (χ2v) is 22.1. The molecule has 6 N–H and O–H groups in total. The smallest absolute Gasteiger partial charge is 0.407 e. The Labute approximate surface area is 442 Å². The Balaban J connectivity index is 0.892. The van der Waals surface area contributed by atoms with Crippen molar-refractivity contribution >= 4 is 83.6 Å². The molecule has 18 nitrogen and oxygen atoms in total. The lowest BCUT2D eigenvalue weighted by atomic mass is 9.95. The Morgan fingerprint density at radius 3 is 1.92 bits per heavy atom. The van der Waals surface area contributed by atoms with Crippen LogP contribution in [-0.4, -0.2) is 88.4 Å². The summed E-state index contributed by atoms with van der Waals surface area (Å²) in [5.41, 5.74) is 7.82. The summed E-state index contributed by atoms with van der Waals surface area (Å²) < 4.78 is 12.4. The number of alkyl carbamates (subject to hydrolysis) is 1. The van der Waals surface area contributed by atoms with Gasteiger partial charge in [0.2, 0.25) is 29.5 Å². The number of benzene rings is 4. The van der Waals surface area contributed by atoms with E-state index >= 15 is 0 Å². The highest BCUT2D eigenvalue weighted by molar-refractivity contribution is 8.09. The third kappa shape index (κ3) is 18.8. The van der Waals surface area contributed by atoms with Gasteiger partial charge in [-0.2, -0.15) is 12.6 Å². The van der Waals surface area contributed by atoms with Crippen molar-refractivity contribution in [2.45, 2.75) is 102 Å². The van der Waals surface area contributed by atoms with Crippen LogP contribution in [0.5, 0.6) is 0 Å². The summed E-state index contributed by atoms with van der Waals surface area (Å²) in [5.74, 6) is -0.682. The van der Waals surface area contributed by atoms with Crippen molar-refractivity contribution in [2.75, 3.05) is 48.4 Å². The van der Waals surface area contributed by atoms with Crippen LogP contribution in [0.15, 0.2) is 97.1 Å². The fourth-order valence-corrected chi connectivity index (χ4v) is 9.04. The highest BCUT2D eigenvalue weighted by Gasteiger charge is 2.29.